The molecule has 2 aromatic rings. The van der Waals surface area contributed by atoms with Gasteiger partial charge in [0.15, 0.2) is 11.6 Å². The lowest BCUT2D eigenvalue weighted by Crippen LogP contribution is -2.45. The Bertz CT molecular complexity index is 1030. The Kier molecular flexibility index (Phi) is 5.40. The van der Waals surface area contributed by atoms with Crippen LogP contribution < -0.4 is 0 Å². The lowest BCUT2D eigenvalue weighted by atomic mass is 9.94. The molecule has 2 aromatic carbocycles. The van der Waals surface area contributed by atoms with Gasteiger partial charge in [0.2, 0.25) is 15.9 Å². The van der Waals surface area contributed by atoms with Crippen LogP contribution in [0.3, 0.4) is 0 Å². The second kappa shape index (κ2) is 7.84. The summed E-state index contributed by atoms with van der Waals surface area (Å²) in [7, 11) is -3.91. The standard InChI is InChI=1S/C21H22F2N2O3S/c22-19-6-5-18(13-20(19)23)29(27,28)25-11-8-16(9-12-25)21(26)24-10-7-15-3-1-2-4-17(15)14-24/h1-6,13,16H,7-12,14H2. The molecule has 2 aliphatic rings. The third kappa shape index (κ3) is 3.91. The van der Waals surface area contributed by atoms with Crippen molar-refractivity contribution < 1.29 is 22.0 Å². The van der Waals surface area contributed by atoms with Gasteiger partial charge in [0.1, 0.15) is 0 Å². The van der Waals surface area contributed by atoms with Crippen molar-refractivity contribution in [3.8, 4) is 0 Å². The van der Waals surface area contributed by atoms with Gasteiger partial charge in [-0.05, 0) is 48.6 Å². The molecule has 0 saturated carbocycles. The first-order valence-corrected chi connectivity index (χ1v) is 11.1. The smallest absolute Gasteiger partial charge is 0.243 e. The quantitative estimate of drug-likeness (QED) is 0.767. The number of sulfonamides is 1. The van der Waals surface area contributed by atoms with E-state index in [1.807, 2.05) is 23.1 Å². The average molecular weight is 420 g/mol. The maximum absolute atomic E-state index is 13.4. The van der Waals surface area contributed by atoms with Crippen LogP contribution in [0.25, 0.3) is 0 Å². The zero-order chi connectivity index (χ0) is 20.6. The van der Waals surface area contributed by atoms with E-state index in [-0.39, 0.29) is 29.8 Å². The van der Waals surface area contributed by atoms with Crippen molar-refractivity contribution in [3.05, 3.63) is 65.2 Å². The topological polar surface area (TPSA) is 57.7 Å². The van der Waals surface area contributed by atoms with Crippen molar-refractivity contribution in [2.75, 3.05) is 19.6 Å². The zero-order valence-corrected chi connectivity index (χ0v) is 16.7. The predicted molar refractivity (Wildman–Crippen MR) is 103 cm³/mol. The number of halogens is 2. The van der Waals surface area contributed by atoms with E-state index in [0.717, 1.165) is 24.1 Å². The Balaban J connectivity index is 1.40. The molecule has 8 heteroatoms. The SMILES string of the molecule is O=C(C1CCN(S(=O)(=O)c2ccc(F)c(F)c2)CC1)N1CCc2ccccc2C1. The van der Waals surface area contributed by atoms with Gasteiger partial charge in [0, 0.05) is 32.1 Å². The highest BCUT2D eigenvalue weighted by Crippen LogP contribution is 2.28. The number of amides is 1. The highest BCUT2D eigenvalue weighted by atomic mass is 32.2. The van der Waals surface area contributed by atoms with Gasteiger partial charge in [-0.2, -0.15) is 4.31 Å². The largest absolute Gasteiger partial charge is 0.338 e. The third-order valence-corrected chi connectivity index (χ3v) is 7.67. The lowest BCUT2D eigenvalue weighted by Gasteiger charge is -2.35. The molecule has 1 saturated heterocycles. The van der Waals surface area contributed by atoms with Gasteiger partial charge >= 0.3 is 0 Å². The number of rotatable bonds is 3. The fourth-order valence-electron chi connectivity index (χ4n) is 4.07. The van der Waals surface area contributed by atoms with E-state index in [4.69, 9.17) is 0 Å². The summed E-state index contributed by atoms with van der Waals surface area (Å²) in [6, 6.07) is 10.7. The van der Waals surface area contributed by atoms with Crippen LogP contribution in [0.15, 0.2) is 47.4 Å². The molecule has 0 bridgehead atoms. The molecule has 5 nitrogen and oxygen atoms in total. The molecule has 0 radical (unpaired) electrons. The van der Waals surface area contributed by atoms with Crippen molar-refractivity contribution in [2.24, 2.45) is 5.92 Å². The summed E-state index contributed by atoms with van der Waals surface area (Å²) in [6.45, 7) is 1.62. The van der Waals surface area contributed by atoms with Crippen molar-refractivity contribution in [1.82, 2.24) is 9.21 Å². The van der Waals surface area contributed by atoms with Crippen LogP contribution in [0.2, 0.25) is 0 Å². The van der Waals surface area contributed by atoms with Crippen LogP contribution >= 0.6 is 0 Å². The van der Waals surface area contributed by atoms with Gasteiger partial charge < -0.3 is 4.90 Å². The van der Waals surface area contributed by atoms with E-state index < -0.39 is 21.7 Å². The molecule has 1 amide bonds. The highest BCUT2D eigenvalue weighted by Gasteiger charge is 2.34. The first-order valence-electron chi connectivity index (χ1n) is 9.67. The van der Waals surface area contributed by atoms with E-state index in [9.17, 15) is 22.0 Å². The van der Waals surface area contributed by atoms with Crippen molar-refractivity contribution in [2.45, 2.75) is 30.7 Å². The van der Waals surface area contributed by atoms with E-state index in [1.54, 1.807) is 0 Å². The van der Waals surface area contributed by atoms with Crippen LogP contribution in [0.4, 0.5) is 8.78 Å². The predicted octanol–water partition coefficient (Wildman–Crippen LogP) is 2.95. The van der Waals surface area contributed by atoms with Gasteiger partial charge in [-0.3, -0.25) is 4.79 Å². The maximum Gasteiger partial charge on any atom is 0.243 e. The number of benzene rings is 2. The fourth-order valence-corrected chi connectivity index (χ4v) is 5.55. The van der Waals surface area contributed by atoms with Gasteiger partial charge in [-0.1, -0.05) is 24.3 Å². The first-order chi connectivity index (χ1) is 13.9. The summed E-state index contributed by atoms with van der Waals surface area (Å²) in [5.74, 6) is -2.45. The van der Waals surface area contributed by atoms with Crippen LogP contribution in [-0.2, 0) is 27.8 Å². The Labute approximate surface area is 169 Å². The Morgan fingerprint density at radius 3 is 2.31 bits per heavy atom. The van der Waals surface area contributed by atoms with Gasteiger partial charge in [0.05, 0.1) is 4.90 Å². The molecular weight excluding hydrogens is 398 g/mol. The van der Waals surface area contributed by atoms with Crippen LogP contribution in [0.5, 0.6) is 0 Å². The molecule has 29 heavy (non-hydrogen) atoms. The fraction of sp³-hybridized carbons (Fsp3) is 0.381. The number of hydrogen-bond acceptors (Lipinski definition) is 3. The minimum absolute atomic E-state index is 0.0596. The van der Waals surface area contributed by atoms with Crippen LogP contribution in [0.1, 0.15) is 24.0 Å². The summed E-state index contributed by atoms with van der Waals surface area (Å²) >= 11 is 0. The van der Waals surface area contributed by atoms with E-state index >= 15 is 0 Å². The summed E-state index contributed by atoms with van der Waals surface area (Å²) in [4.78, 5) is 14.5. The number of fused-ring (bicyclic) bond motifs is 1. The van der Waals surface area contributed by atoms with Gasteiger partial charge in [0.25, 0.3) is 0 Å². The molecule has 0 aromatic heterocycles. The number of carbonyl (C=O) groups excluding carboxylic acids is 1. The van der Waals surface area contributed by atoms with E-state index in [2.05, 4.69) is 6.07 Å². The molecular formula is C21H22F2N2O3S. The summed E-state index contributed by atoms with van der Waals surface area (Å²) in [6.07, 6.45) is 1.66. The minimum Gasteiger partial charge on any atom is -0.338 e. The second-order valence-electron chi connectivity index (χ2n) is 7.53. The van der Waals surface area contributed by atoms with E-state index in [1.165, 1.54) is 9.87 Å². The van der Waals surface area contributed by atoms with Crippen molar-refractivity contribution >= 4 is 15.9 Å². The number of nitrogens with zero attached hydrogens (tertiary/aromatic N) is 2. The van der Waals surface area contributed by atoms with Crippen LogP contribution in [0, 0.1) is 17.6 Å². The second-order valence-corrected chi connectivity index (χ2v) is 9.47. The minimum atomic E-state index is -3.91. The average Bonchev–Trinajstić information content (AvgIpc) is 2.74. The molecule has 2 aliphatic heterocycles. The first kappa shape index (κ1) is 20.0. The van der Waals surface area contributed by atoms with E-state index in [0.29, 0.717) is 32.0 Å². The zero-order valence-electron chi connectivity index (χ0n) is 15.9. The van der Waals surface area contributed by atoms with Crippen molar-refractivity contribution in [3.63, 3.8) is 0 Å². The lowest BCUT2D eigenvalue weighted by molar-refractivity contribution is -0.137. The third-order valence-electron chi connectivity index (χ3n) is 5.77. The molecule has 2 heterocycles. The monoisotopic (exact) mass is 420 g/mol. The number of carbonyl (C=O) groups is 1. The molecule has 0 aliphatic carbocycles. The van der Waals surface area contributed by atoms with Crippen LogP contribution in [-0.4, -0.2) is 43.2 Å². The molecule has 0 spiro atoms. The molecule has 0 unspecified atom stereocenters. The molecule has 154 valence electrons. The molecule has 4 rings (SSSR count). The Morgan fingerprint density at radius 1 is 0.931 bits per heavy atom. The molecule has 1 fully saturated rings. The Hall–Kier alpha value is -2.32. The number of hydrogen-bond donors (Lipinski definition) is 0. The summed E-state index contributed by atoms with van der Waals surface area (Å²) in [5, 5.41) is 0. The Morgan fingerprint density at radius 2 is 1.62 bits per heavy atom. The number of piperidine rings is 1. The summed E-state index contributed by atoms with van der Waals surface area (Å²) < 4.78 is 53.2. The summed E-state index contributed by atoms with van der Waals surface area (Å²) in [5.41, 5.74) is 2.43. The molecule has 0 N–H and O–H groups in total. The normalized spacial score (nSPS) is 18.5. The molecule has 0 atom stereocenters. The van der Waals surface area contributed by atoms with Gasteiger partial charge in [-0.15, -0.1) is 0 Å². The maximum atomic E-state index is 13.4. The highest BCUT2D eigenvalue weighted by molar-refractivity contribution is 7.89. The van der Waals surface area contributed by atoms with Gasteiger partial charge in [-0.25, -0.2) is 17.2 Å². The van der Waals surface area contributed by atoms with Crippen molar-refractivity contribution in [1.29, 1.82) is 0 Å².